The smallest absolute Gasteiger partial charge is 0.339 e. The number of anilines is 1. The van der Waals surface area contributed by atoms with Gasteiger partial charge in [0.1, 0.15) is 5.56 Å². The molecule has 1 fully saturated rings. The number of hydrogen-bond donors (Lipinski definition) is 2. The van der Waals surface area contributed by atoms with Crippen LogP contribution in [0.3, 0.4) is 0 Å². The van der Waals surface area contributed by atoms with Crippen LogP contribution in [-0.4, -0.2) is 31.9 Å². The van der Waals surface area contributed by atoms with E-state index in [9.17, 15) is 9.90 Å². The fraction of sp³-hybridized carbons (Fsp3) is 0.462. The van der Waals surface area contributed by atoms with E-state index in [-0.39, 0.29) is 5.56 Å². The number of aryl methyl sites for hydroxylation is 2. The number of hydrogen-bond acceptors (Lipinski definition) is 4. The maximum atomic E-state index is 11.4. The summed E-state index contributed by atoms with van der Waals surface area (Å²) in [5, 5.41) is 17.8. The zero-order chi connectivity index (χ0) is 13.6. The molecule has 6 heteroatoms. The topological polar surface area (TPSA) is 80.0 Å². The minimum absolute atomic E-state index is 0.218. The third-order valence-corrected chi connectivity index (χ3v) is 3.71. The lowest BCUT2D eigenvalue weighted by Crippen LogP contribution is -2.28. The maximum Gasteiger partial charge on any atom is 0.339 e. The number of aromatic nitrogens is 3. The zero-order valence-electron chi connectivity index (χ0n) is 11.0. The number of aromatic carboxylic acids is 1. The summed E-state index contributed by atoms with van der Waals surface area (Å²) >= 11 is 0. The van der Waals surface area contributed by atoms with E-state index >= 15 is 0 Å². The van der Waals surface area contributed by atoms with Gasteiger partial charge >= 0.3 is 5.97 Å². The highest BCUT2D eigenvalue weighted by Crippen LogP contribution is 2.32. The standard InChI is InChI=1S/C13H16N4O2/c1-7-10-11(15-8-4-3-5-8)9(13(18)19)6-14-12(10)17(2)16-7/h6,8H,3-5H2,1-2H3,(H,14,15)(H,18,19). The van der Waals surface area contributed by atoms with Crippen LogP contribution in [0.15, 0.2) is 6.20 Å². The molecule has 0 saturated heterocycles. The molecule has 0 aromatic carbocycles. The lowest BCUT2D eigenvalue weighted by Gasteiger charge is -2.28. The van der Waals surface area contributed by atoms with E-state index in [1.54, 1.807) is 4.68 Å². The number of fused-ring (bicyclic) bond motifs is 1. The molecule has 2 N–H and O–H groups in total. The maximum absolute atomic E-state index is 11.4. The van der Waals surface area contributed by atoms with Gasteiger partial charge in [0.2, 0.25) is 0 Å². The second kappa shape index (κ2) is 4.22. The van der Waals surface area contributed by atoms with Gasteiger partial charge < -0.3 is 10.4 Å². The van der Waals surface area contributed by atoms with Crippen molar-refractivity contribution in [2.75, 3.05) is 5.32 Å². The van der Waals surface area contributed by atoms with Gasteiger partial charge in [-0.1, -0.05) is 0 Å². The number of pyridine rings is 1. The van der Waals surface area contributed by atoms with Gasteiger partial charge in [-0.25, -0.2) is 9.78 Å². The monoisotopic (exact) mass is 260 g/mol. The van der Waals surface area contributed by atoms with Crippen LogP contribution in [0.2, 0.25) is 0 Å². The first-order valence-electron chi connectivity index (χ1n) is 6.40. The molecule has 2 heterocycles. The molecule has 0 unspecified atom stereocenters. The van der Waals surface area contributed by atoms with Crippen LogP contribution in [0.5, 0.6) is 0 Å². The lowest BCUT2D eigenvalue weighted by molar-refractivity contribution is 0.0697. The van der Waals surface area contributed by atoms with E-state index in [4.69, 9.17) is 0 Å². The first kappa shape index (κ1) is 12.0. The van der Waals surface area contributed by atoms with Crippen molar-refractivity contribution in [2.24, 2.45) is 7.05 Å². The Kier molecular flexibility index (Phi) is 2.66. The Hall–Kier alpha value is -2.11. The first-order valence-corrected chi connectivity index (χ1v) is 6.40. The molecule has 0 spiro atoms. The Bertz CT molecular complexity index is 658. The van der Waals surface area contributed by atoms with E-state index in [0.29, 0.717) is 17.4 Å². The number of rotatable bonds is 3. The van der Waals surface area contributed by atoms with Gasteiger partial charge in [-0.2, -0.15) is 5.10 Å². The summed E-state index contributed by atoms with van der Waals surface area (Å²) in [5.41, 5.74) is 2.39. The molecule has 19 heavy (non-hydrogen) atoms. The van der Waals surface area contributed by atoms with E-state index in [0.717, 1.165) is 23.9 Å². The Morgan fingerprint density at radius 2 is 2.26 bits per heavy atom. The van der Waals surface area contributed by atoms with Gasteiger partial charge in [-0.15, -0.1) is 0 Å². The van der Waals surface area contributed by atoms with E-state index in [2.05, 4.69) is 15.4 Å². The minimum Gasteiger partial charge on any atom is -0.478 e. The fourth-order valence-corrected chi connectivity index (χ4v) is 2.48. The Balaban J connectivity index is 2.21. The first-order chi connectivity index (χ1) is 9.08. The van der Waals surface area contributed by atoms with Gasteiger partial charge in [-0.3, -0.25) is 4.68 Å². The molecule has 0 radical (unpaired) electrons. The van der Waals surface area contributed by atoms with E-state index < -0.39 is 5.97 Å². The average molecular weight is 260 g/mol. The summed E-state index contributed by atoms with van der Waals surface area (Å²) in [6, 6.07) is 0.364. The van der Waals surface area contributed by atoms with Crippen LogP contribution in [0.4, 0.5) is 5.69 Å². The van der Waals surface area contributed by atoms with Crippen LogP contribution >= 0.6 is 0 Å². The summed E-state index contributed by atoms with van der Waals surface area (Å²) in [5.74, 6) is -0.959. The number of carbonyl (C=O) groups is 1. The summed E-state index contributed by atoms with van der Waals surface area (Å²) < 4.78 is 1.68. The Morgan fingerprint density at radius 3 is 2.84 bits per heavy atom. The van der Waals surface area contributed by atoms with Crippen LogP contribution in [0, 0.1) is 6.92 Å². The molecule has 2 aromatic heterocycles. The second-order valence-corrected chi connectivity index (χ2v) is 5.03. The van der Waals surface area contributed by atoms with E-state index in [1.807, 2.05) is 14.0 Å². The molecule has 1 aliphatic rings. The second-order valence-electron chi connectivity index (χ2n) is 5.03. The molecule has 2 aromatic rings. The molecule has 0 atom stereocenters. The van der Waals surface area contributed by atoms with Crippen LogP contribution in [0.25, 0.3) is 11.0 Å². The third kappa shape index (κ3) is 1.83. The molecule has 3 rings (SSSR count). The molecule has 0 aliphatic heterocycles. The number of carboxylic acids is 1. The van der Waals surface area contributed by atoms with Crippen molar-refractivity contribution in [3.63, 3.8) is 0 Å². The number of nitrogens with one attached hydrogen (secondary N) is 1. The fourth-order valence-electron chi connectivity index (χ4n) is 2.48. The van der Waals surface area contributed by atoms with Crippen LogP contribution in [0.1, 0.15) is 35.3 Å². The molecular formula is C13H16N4O2. The van der Waals surface area contributed by atoms with Gasteiger partial charge in [0.25, 0.3) is 0 Å². The molecule has 6 nitrogen and oxygen atoms in total. The summed E-state index contributed by atoms with van der Waals surface area (Å²) in [6.07, 6.45) is 4.78. The number of carboxylic acid groups (broad SMARTS) is 1. The SMILES string of the molecule is Cc1nn(C)c2ncc(C(=O)O)c(NC3CCC3)c12. The van der Waals surface area contributed by atoms with Crippen LogP contribution in [-0.2, 0) is 7.05 Å². The van der Waals surface area contributed by atoms with Gasteiger partial charge in [-0.05, 0) is 26.2 Å². The van der Waals surface area contributed by atoms with Crippen molar-refractivity contribution in [1.82, 2.24) is 14.8 Å². The van der Waals surface area contributed by atoms with Gasteiger partial charge in [0.05, 0.1) is 16.8 Å². The average Bonchev–Trinajstić information content (AvgIpc) is 2.59. The Labute approximate surface area is 110 Å². The predicted molar refractivity (Wildman–Crippen MR) is 71.5 cm³/mol. The van der Waals surface area contributed by atoms with Crippen molar-refractivity contribution in [3.05, 3.63) is 17.5 Å². The van der Waals surface area contributed by atoms with E-state index in [1.165, 1.54) is 12.6 Å². The molecule has 0 bridgehead atoms. The largest absolute Gasteiger partial charge is 0.478 e. The molecule has 1 aliphatic carbocycles. The highest BCUT2D eigenvalue weighted by molar-refractivity contribution is 6.04. The zero-order valence-corrected chi connectivity index (χ0v) is 11.0. The van der Waals surface area contributed by atoms with Crippen molar-refractivity contribution in [2.45, 2.75) is 32.2 Å². The molecular weight excluding hydrogens is 244 g/mol. The molecule has 100 valence electrons. The predicted octanol–water partition coefficient (Wildman–Crippen LogP) is 1.94. The van der Waals surface area contributed by atoms with Gasteiger partial charge in [0, 0.05) is 19.3 Å². The molecule has 0 amide bonds. The van der Waals surface area contributed by atoms with Gasteiger partial charge in [0.15, 0.2) is 5.65 Å². The van der Waals surface area contributed by atoms with Crippen molar-refractivity contribution in [3.8, 4) is 0 Å². The Morgan fingerprint density at radius 1 is 1.53 bits per heavy atom. The van der Waals surface area contributed by atoms with Crippen LogP contribution < -0.4 is 5.32 Å². The van der Waals surface area contributed by atoms with Crippen molar-refractivity contribution >= 4 is 22.7 Å². The summed E-state index contributed by atoms with van der Waals surface area (Å²) in [6.45, 7) is 1.88. The quantitative estimate of drug-likeness (QED) is 0.881. The summed E-state index contributed by atoms with van der Waals surface area (Å²) in [4.78, 5) is 15.6. The lowest BCUT2D eigenvalue weighted by atomic mass is 9.92. The van der Waals surface area contributed by atoms with Crippen molar-refractivity contribution in [1.29, 1.82) is 0 Å². The highest BCUT2D eigenvalue weighted by atomic mass is 16.4. The highest BCUT2D eigenvalue weighted by Gasteiger charge is 2.24. The minimum atomic E-state index is -0.959. The summed E-state index contributed by atoms with van der Waals surface area (Å²) in [7, 11) is 1.82. The third-order valence-electron chi connectivity index (χ3n) is 3.71. The van der Waals surface area contributed by atoms with Crippen molar-refractivity contribution < 1.29 is 9.90 Å². The number of nitrogens with zero attached hydrogens (tertiary/aromatic N) is 3. The normalized spacial score (nSPS) is 15.5. The molecule has 1 saturated carbocycles.